The third-order valence-electron chi connectivity index (χ3n) is 2.47. The molecule has 3 aromatic rings. The van der Waals surface area contributed by atoms with E-state index in [1.165, 1.54) is 0 Å². The molecule has 0 saturated heterocycles. The van der Waals surface area contributed by atoms with Crippen LogP contribution < -0.4 is 5.32 Å². The molecular formula is C13H8N4S. The molecule has 0 fully saturated rings. The minimum absolute atomic E-state index is 0.402. The molecule has 3 rings (SSSR count). The van der Waals surface area contributed by atoms with E-state index in [4.69, 9.17) is 5.26 Å². The maximum Gasteiger partial charge on any atom is 0.142 e. The number of hydrogen-bond acceptors (Lipinski definition) is 5. The largest absolute Gasteiger partial charge is 0.340 e. The predicted octanol–water partition coefficient (Wildman–Crippen LogP) is 3.31. The van der Waals surface area contributed by atoms with Crippen LogP contribution in [0.4, 0.5) is 11.5 Å². The van der Waals surface area contributed by atoms with E-state index in [-0.39, 0.29) is 0 Å². The van der Waals surface area contributed by atoms with Crippen molar-refractivity contribution in [2.45, 2.75) is 0 Å². The second-order valence-corrected chi connectivity index (χ2v) is 4.57. The maximum atomic E-state index is 8.79. The van der Waals surface area contributed by atoms with E-state index in [1.54, 1.807) is 23.5 Å². The van der Waals surface area contributed by atoms with Gasteiger partial charge in [-0.05, 0) is 30.3 Å². The van der Waals surface area contributed by atoms with Crippen LogP contribution in [0.25, 0.3) is 10.2 Å². The van der Waals surface area contributed by atoms with Gasteiger partial charge in [-0.3, -0.25) is 0 Å². The summed E-state index contributed by atoms with van der Waals surface area (Å²) in [4.78, 5) is 8.40. The molecule has 0 aliphatic rings. The van der Waals surface area contributed by atoms with Gasteiger partial charge in [0.15, 0.2) is 0 Å². The van der Waals surface area contributed by atoms with Gasteiger partial charge in [-0.1, -0.05) is 6.07 Å². The third kappa shape index (κ3) is 2.01. The molecule has 0 amide bonds. The first-order valence-corrected chi connectivity index (χ1v) is 6.20. The van der Waals surface area contributed by atoms with E-state index in [1.807, 2.05) is 35.8 Å². The van der Waals surface area contributed by atoms with Crippen molar-refractivity contribution in [2.75, 3.05) is 5.32 Å². The van der Waals surface area contributed by atoms with Crippen LogP contribution in [0.2, 0.25) is 0 Å². The molecule has 1 aromatic carbocycles. The van der Waals surface area contributed by atoms with E-state index in [0.29, 0.717) is 11.5 Å². The van der Waals surface area contributed by atoms with Crippen molar-refractivity contribution in [3.8, 4) is 6.07 Å². The Morgan fingerprint density at radius 2 is 2.17 bits per heavy atom. The van der Waals surface area contributed by atoms with Crippen LogP contribution >= 0.6 is 11.3 Å². The summed E-state index contributed by atoms with van der Waals surface area (Å²) in [5, 5.41) is 12.0. The van der Waals surface area contributed by atoms with Crippen molar-refractivity contribution < 1.29 is 0 Å². The maximum absolute atomic E-state index is 8.79. The molecule has 4 nitrogen and oxygen atoms in total. The first-order valence-electron chi connectivity index (χ1n) is 5.32. The van der Waals surface area contributed by atoms with Gasteiger partial charge in [0, 0.05) is 5.69 Å². The smallest absolute Gasteiger partial charge is 0.142 e. The topological polar surface area (TPSA) is 61.6 Å². The Morgan fingerprint density at radius 3 is 3.06 bits per heavy atom. The molecule has 2 heterocycles. The lowest BCUT2D eigenvalue weighted by Gasteiger charge is -2.05. The van der Waals surface area contributed by atoms with Gasteiger partial charge in [-0.25, -0.2) is 9.97 Å². The van der Waals surface area contributed by atoms with Gasteiger partial charge in [0.25, 0.3) is 0 Å². The molecule has 0 aliphatic heterocycles. The Balaban J connectivity index is 1.93. The van der Waals surface area contributed by atoms with Gasteiger partial charge in [-0.15, -0.1) is 11.3 Å². The molecule has 0 bridgehead atoms. The van der Waals surface area contributed by atoms with Gasteiger partial charge < -0.3 is 5.32 Å². The minimum Gasteiger partial charge on any atom is -0.340 e. The highest BCUT2D eigenvalue weighted by Crippen LogP contribution is 2.23. The second kappa shape index (κ2) is 4.43. The molecule has 5 heteroatoms. The van der Waals surface area contributed by atoms with Crippen molar-refractivity contribution in [1.29, 1.82) is 5.26 Å². The number of anilines is 2. The number of thiazole rings is 1. The summed E-state index contributed by atoms with van der Waals surface area (Å²) < 4.78 is 1.12. The normalized spacial score (nSPS) is 10.2. The third-order valence-corrected chi connectivity index (χ3v) is 3.26. The SMILES string of the molecule is N#Cc1cccc(Nc2ccc3ncsc3c2)n1. The highest BCUT2D eigenvalue weighted by atomic mass is 32.1. The molecule has 18 heavy (non-hydrogen) atoms. The van der Waals surface area contributed by atoms with Crippen molar-refractivity contribution in [1.82, 2.24) is 9.97 Å². The van der Waals surface area contributed by atoms with Gasteiger partial charge in [0.05, 0.1) is 15.7 Å². The molecule has 0 atom stereocenters. The van der Waals surface area contributed by atoms with Gasteiger partial charge in [0.2, 0.25) is 0 Å². The Bertz CT molecular complexity index is 742. The van der Waals surface area contributed by atoms with Gasteiger partial charge in [-0.2, -0.15) is 5.26 Å². The highest BCUT2D eigenvalue weighted by molar-refractivity contribution is 7.16. The van der Waals surface area contributed by atoms with E-state index in [9.17, 15) is 0 Å². The Labute approximate surface area is 108 Å². The van der Waals surface area contributed by atoms with E-state index >= 15 is 0 Å². The number of nitriles is 1. The first kappa shape index (κ1) is 10.7. The number of rotatable bonds is 2. The fourth-order valence-corrected chi connectivity index (χ4v) is 2.36. The average Bonchev–Trinajstić information content (AvgIpc) is 2.86. The van der Waals surface area contributed by atoms with Gasteiger partial charge >= 0.3 is 0 Å². The summed E-state index contributed by atoms with van der Waals surface area (Å²) >= 11 is 1.60. The Hall–Kier alpha value is -2.45. The molecular weight excluding hydrogens is 244 g/mol. The first-order chi connectivity index (χ1) is 8.85. The number of fused-ring (bicyclic) bond motifs is 1. The lowest BCUT2D eigenvalue weighted by Crippen LogP contribution is -1.94. The highest BCUT2D eigenvalue weighted by Gasteiger charge is 2.01. The van der Waals surface area contributed by atoms with Crippen LogP contribution in [-0.2, 0) is 0 Å². The zero-order valence-electron chi connectivity index (χ0n) is 9.29. The van der Waals surface area contributed by atoms with Crippen LogP contribution in [0.5, 0.6) is 0 Å². The Morgan fingerprint density at radius 1 is 1.22 bits per heavy atom. The minimum atomic E-state index is 0.402. The van der Waals surface area contributed by atoms with Crippen LogP contribution in [0.3, 0.4) is 0 Å². The standard InChI is InChI=1S/C13H8N4S/c14-7-10-2-1-3-13(17-10)16-9-4-5-11-12(6-9)18-8-15-11/h1-6,8H,(H,16,17). The molecule has 86 valence electrons. The zero-order chi connectivity index (χ0) is 12.4. The van der Waals surface area contributed by atoms with E-state index in [0.717, 1.165) is 15.9 Å². The van der Waals surface area contributed by atoms with Crippen LogP contribution in [0.1, 0.15) is 5.69 Å². The van der Waals surface area contributed by atoms with Crippen molar-refractivity contribution in [3.05, 3.63) is 47.6 Å². The van der Waals surface area contributed by atoms with Crippen molar-refractivity contribution in [3.63, 3.8) is 0 Å². The molecule has 0 radical (unpaired) electrons. The second-order valence-electron chi connectivity index (χ2n) is 3.68. The van der Waals surface area contributed by atoms with Gasteiger partial charge in [0.1, 0.15) is 17.6 Å². The quantitative estimate of drug-likeness (QED) is 0.760. The lowest BCUT2D eigenvalue weighted by atomic mass is 10.3. The number of pyridine rings is 1. The van der Waals surface area contributed by atoms with Crippen LogP contribution in [-0.4, -0.2) is 9.97 Å². The summed E-state index contributed by atoms with van der Waals surface area (Å²) in [7, 11) is 0. The number of nitrogens with one attached hydrogen (secondary N) is 1. The summed E-state index contributed by atoms with van der Waals surface area (Å²) in [5.41, 5.74) is 4.15. The average molecular weight is 252 g/mol. The number of benzene rings is 1. The molecule has 2 aromatic heterocycles. The molecule has 1 N–H and O–H groups in total. The zero-order valence-corrected chi connectivity index (χ0v) is 10.1. The Kier molecular flexibility index (Phi) is 2.63. The van der Waals surface area contributed by atoms with Crippen LogP contribution in [0.15, 0.2) is 41.9 Å². The van der Waals surface area contributed by atoms with E-state index < -0.39 is 0 Å². The summed E-state index contributed by atoms with van der Waals surface area (Å²) in [5.74, 6) is 0.665. The summed E-state index contributed by atoms with van der Waals surface area (Å²) in [6.45, 7) is 0. The monoisotopic (exact) mass is 252 g/mol. The lowest BCUT2D eigenvalue weighted by molar-refractivity contribution is 1.26. The fraction of sp³-hybridized carbons (Fsp3) is 0. The molecule has 0 spiro atoms. The molecule has 0 saturated carbocycles. The predicted molar refractivity (Wildman–Crippen MR) is 71.9 cm³/mol. The van der Waals surface area contributed by atoms with Crippen molar-refractivity contribution in [2.24, 2.45) is 0 Å². The van der Waals surface area contributed by atoms with E-state index in [2.05, 4.69) is 15.3 Å². The van der Waals surface area contributed by atoms with Crippen LogP contribution in [0, 0.1) is 11.3 Å². The summed E-state index contributed by atoms with van der Waals surface area (Å²) in [6.07, 6.45) is 0. The summed E-state index contributed by atoms with van der Waals surface area (Å²) in [6, 6.07) is 13.3. The molecule has 0 aliphatic carbocycles. The number of aromatic nitrogens is 2. The fourth-order valence-electron chi connectivity index (χ4n) is 1.65. The number of nitrogens with zero attached hydrogens (tertiary/aromatic N) is 3. The van der Waals surface area contributed by atoms with Crippen molar-refractivity contribution >= 4 is 33.1 Å². The number of hydrogen-bond donors (Lipinski definition) is 1. The molecule has 0 unspecified atom stereocenters.